The number of hydrogen-bond acceptors (Lipinski definition) is 4. The number of ether oxygens (including phenoxy) is 1. The fraction of sp³-hybridized carbons (Fsp3) is 0.136. The van der Waals surface area contributed by atoms with Crippen LogP contribution in [0.15, 0.2) is 84.9 Å². The highest BCUT2D eigenvalue weighted by molar-refractivity contribution is 5.77. The average Bonchev–Trinajstić information content (AvgIpc) is 2.74. The second kappa shape index (κ2) is 9.32. The SMILES string of the molecule is O=C(COc1ccc([N+](=O)[O-])cc1)NCC(c1ccccc1)c1ccccc1. The Morgan fingerprint density at radius 2 is 1.43 bits per heavy atom. The van der Waals surface area contributed by atoms with Crippen molar-refractivity contribution in [3.05, 3.63) is 106 Å². The van der Waals surface area contributed by atoms with Crippen LogP contribution >= 0.6 is 0 Å². The Morgan fingerprint density at radius 3 is 1.93 bits per heavy atom. The van der Waals surface area contributed by atoms with Crippen molar-refractivity contribution in [1.29, 1.82) is 0 Å². The molecular weight excluding hydrogens is 356 g/mol. The third-order valence-electron chi connectivity index (χ3n) is 4.32. The lowest BCUT2D eigenvalue weighted by molar-refractivity contribution is -0.384. The fourth-order valence-electron chi connectivity index (χ4n) is 2.88. The molecule has 0 unspecified atom stereocenters. The third-order valence-corrected chi connectivity index (χ3v) is 4.32. The summed E-state index contributed by atoms with van der Waals surface area (Å²) in [4.78, 5) is 22.4. The number of hydrogen-bond donors (Lipinski definition) is 1. The van der Waals surface area contributed by atoms with Crippen molar-refractivity contribution in [1.82, 2.24) is 5.32 Å². The van der Waals surface area contributed by atoms with Crippen molar-refractivity contribution < 1.29 is 14.5 Å². The molecule has 1 amide bonds. The van der Waals surface area contributed by atoms with Crippen LogP contribution in [0.25, 0.3) is 0 Å². The predicted octanol–water partition coefficient (Wildman–Crippen LogP) is 3.92. The van der Waals surface area contributed by atoms with Gasteiger partial charge >= 0.3 is 0 Å². The summed E-state index contributed by atoms with van der Waals surface area (Å²) in [5.41, 5.74) is 2.21. The monoisotopic (exact) mass is 376 g/mol. The highest BCUT2D eigenvalue weighted by Crippen LogP contribution is 2.23. The molecule has 0 spiro atoms. The molecule has 3 aromatic carbocycles. The molecule has 0 heterocycles. The zero-order valence-electron chi connectivity index (χ0n) is 15.2. The summed E-state index contributed by atoms with van der Waals surface area (Å²) in [5, 5.41) is 13.6. The summed E-state index contributed by atoms with van der Waals surface area (Å²) in [6, 6.07) is 25.6. The van der Waals surface area contributed by atoms with E-state index < -0.39 is 4.92 Å². The number of rotatable bonds is 8. The van der Waals surface area contributed by atoms with Gasteiger partial charge in [-0.05, 0) is 23.3 Å². The standard InChI is InChI=1S/C22H20N2O4/c25-22(16-28-20-13-11-19(12-14-20)24(26)27)23-15-21(17-7-3-1-4-8-17)18-9-5-2-6-10-18/h1-14,21H,15-16H2,(H,23,25). The number of carbonyl (C=O) groups excluding carboxylic acids is 1. The van der Waals surface area contributed by atoms with Gasteiger partial charge in [-0.15, -0.1) is 0 Å². The van der Waals surface area contributed by atoms with Crippen LogP contribution < -0.4 is 10.1 Å². The number of amides is 1. The van der Waals surface area contributed by atoms with Crippen LogP contribution in [-0.4, -0.2) is 24.0 Å². The van der Waals surface area contributed by atoms with Crippen molar-refractivity contribution >= 4 is 11.6 Å². The van der Waals surface area contributed by atoms with Gasteiger partial charge in [0, 0.05) is 24.6 Å². The predicted molar refractivity (Wildman–Crippen MR) is 106 cm³/mol. The van der Waals surface area contributed by atoms with Crippen molar-refractivity contribution in [2.45, 2.75) is 5.92 Å². The van der Waals surface area contributed by atoms with Gasteiger partial charge in [0.05, 0.1) is 4.92 Å². The molecule has 0 aliphatic carbocycles. The Labute approximate surface area is 162 Å². The molecule has 28 heavy (non-hydrogen) atoms. The summed E-state index contributed by atoms with van der Waals surface area (Å²) < 4.78 is 5.41. The molecule has 6 nitrogen and oxygen atoms in total. The Hall–Kier alpha value is -3.67. The van der Waals surface area contributed by atoms with E-state index in [1.54, 1.807) is 0 Å². The van der Waals surface area contributed by atoms with E-state index in [2.05, 4.69) is 5.32 Å². The van der Waals surface area contributed by atoms with Gasteiger partial charge in [0.1, 0.15) is 5.75 Å². The van der Waals surface area contributed by atoms with Crippen LogP contribution in [0, 0.1) is 10.1 Å². The lowest BCUT2D eigenvalue weighted by Crippen LogP contribution is -2.32. The first-order chi connectivity index (χ1) is 13.6. The Balaban J connectivity index is 1.58. The van der Waals surface area contributed by atoms with Gasteiger partial charge in [-0.25, -0.2) is 0 Å². The Morgan fingerprint density at radius 1 is 0.893 bits per heavy atom. The van der Waals surface area contributed by atoms with Gasteiger partial charge in [0.2, 0.25) is 0 Å². The molecule has 0 atom stereocenters. The molecule has 6 heteroatoms. The number of benzene rings is 3. The smallest absolute Gasteiger partial charge is 0.269 e. The van der Waals surface area contributed by atoms with Crippen molar-refractivity contribution in [3.8, 4) is 5.75 Å². The summed E-state index contributed by atoms with van der Waals surface area (Å²) in [7, 11) is 0. The average molecular weight is 376 g/mol. The molecule has 0 aromatic heterocycles. The zero-order chi connectivity index (χ0) is 19.8. The van der Waals surface area contributed by atoms with Crippen LogP contribution in [-0.2, 0) is 4.79 Å². The molecule has 0 radical (unpaired) electrons. The van der Waals surface area contributed by atoms with E-state index in [0.717, 1.165) is 11.1 Å². The van der Waals surface area contributed by atoms with Crippen LogP contribution in [0.4, 0.5) is 5.69 Å². The van der Waals surface area contributed by atoms with Gasteiger partial charge in [-0.2, -0.15) is 0 Å². The first-order valence-electron chi connectivity index (χ1n) is 8.87. The largest absolute Gasteiger partial charge is 0.484 e. The number of nitro groups is 1. The van der Waals surface area contributed by atoms with Crippen LogP contribution in [0.3, 0.4) is 0 Å². The summed E-state index contributed by atoms with van der Waals surface area (Å²) >= 11 is 0. The summed E-state index contributed by atoms with van der Waals surface area (Å²) in [6.07, 6.45) is 0. The maximum atomic E-state index is 12.2. The lowest BCUT2D eigenvalue weighted by atomic mass is 9.91. The molecule has 0 fully saturated rings. The summed E-state index contributed by atoms with van der Waals surface area (Å²) in [5.74, 6) is 0.185. The van der Waals surface area contributed by atoms with E-state index in [4.69, 9.17) is 4.74 Å². The van der Waals surface area contributed by atoms with Gasteiger partial charge in [0.15, 0.2) is 6.61 Å². The van der Waals surface area contributed by atoms with E-state index in [0.29, 0.717) is 12.3 Å². The number of non-ortho nitro benzene ring substituents is 1. The molecule has 0 aliphatic heterocycles. The molecule has 0 aliphatic rings. The zero-order valence-corrected chi connectivity index (χ0v) is 15.2. The fourth-order valence-corrected chi connectivity index (χ4v) is 2.88. The van der Waals surface area contributed by atoms with Crippen molar-refractivity contribution in [2.75, 3.05) is 13.2 Å². The van der Waals surface area contributed by atoms with Crippen LogP contribution in [0.5, 0.6) is 5.75 Å². The molecular formula is C22H20N2O4. The van der Waals surface area contributed by atoms with Gasteiger partial charge in [-0.3, -0.25) is 14.9 Å². The minimum Gasteiger partial charge on any atom is -0.484 e. The number of nitrogens with one attached hydrogen (secondary N) is 1. The molecule has 142 valence electrons. The quantitative estimate of drug-likeness (QED) is 0.477. The topological polar surface area (TPSA) is 81.5 Å². The summed E-state index contributed by atoms with van der Waals surface area (Å²) in [6.45, 7) is 0.282. The number of nitrogens with zero attached hydrogens (tertiary/aromatic N) is 1. The Kier molecular flexibility index (Phi) is 6.36. The molecule has 1 N–H and O–H groups in total. The van der Waals surface area contributed by atoms with Crippen molar-refractivity contribution in [3.63, 3.8) is 0 Å². The molecule has 3 rings (SSSR count). The normalized spacial score (nSPS) is 10.5. The highest BCUT2D eigenvalue weighted by atomic mass is 16.6. The second-order valence-corrected chi connectivity index (χ2v) is 6.22. The highest BCUT2D eigenvalue weighted by Gasteiger charge is 2.15. The van der Waals surface area contributed by atoms with E-state index >= 15 is 0 Å². The van der Waals surface area contributed by atoms with Crippen LogP contribution in [0.1, 0.15) is 17.0 Å². The molecule has 0 bridgehead atoms. The minimum atomic E-state index is -0.482. The number of nitro benzene ring substituents is 1. The lowest BCUT2D eigenvalue weighted by Gasteiger charge is -2.19. The van der Waals surface area contributed by atoms with E-state index in [1.807, 2.05) is 60.7 Å². The molecule has 0 saturated heterocycles. The van der Waals surface area contributed by atoms with Gasteiger partial charge in [-0.1, -0.05) is 60.7 Å². The molecule has 0 saturated carbocycles. The van der Waals surface area contributed by atoms with Crippen molar-refractivity contribution in [2.24, 2.45) is 0 Å². The van der Waals surface area contributed by atoms with E-state index in [1.165, 1.54) is 24.3 Å². The van der Waals surface area contributed by atoms with Gasteiger partial charge < -0.3 is 10.1 Å². The molecule has 3 aromatic rings. The minimum absolute atomic E-state index is 0.0228. The van der Waals surface area contributed by atoms with E-state index in [9.17, 15) is 14.9 Å². The van der Waals surface area contributed by atoms with Gasteiger partial charge in [0.25, 0.3) is 11.6 Å². The maximum absolute atomic E-state index is 12.2. The number of carbonyl (C=O) groups is 1. The Bertz CT molecular complexity index is 873. The second-order valence-electron chi connectivity index (χ2n) is 6.22. The van der Waals surface area contributed by atoms with E-state index in [-0.39, 0.29) is 24.1 Å². The maximum Gasteiger partial charge on any atom is 0.269 e. The van der Waals surface area contributed by atoms with Crippen LogP contribution in [0.2, 0.25) is 0 Å². The third kappa shape index (κ3) is 5.17. The first-order valence-corrected chi connectivity index (χ1v) is 8.87. The first kappa shape index (κ1) is 19.1.